The molecule has 170 valence electrons. The van der Waals surface area contributed by atoms with Gasteiger partial charge in [-0.1, -0.05) is 59.9 Å². The normalized spacial score (nSPS) is 10.9. The van der Waals surface area contributed by atoms with Crippen LogP contribution in [0.4, 0.5) is 5.69 Å². The monoisotopic (exact) mass is 512 g/mol. The number of nitrogens with one attached hydrogen (secondary N) is 1. The van der Waals surface area contributed by atoms with Gasteiger partial charge in [0.1, 0.15) is 5.75 Å². The van der Waals surface area contributed by atoms with E-state index in [4.69, 9.17) is 39.5 Å². The molecule has 1 aromatic heterocycles. The number of hydrogen-bond acceptors (Lipinski definition) is 5. The van der Waals surface area contributed by atoms with Crippen molar-refractivity contribution in [3.8, 4) is 17.1 Å². The fourth-order valence-corrected chi connectivity index (χ4v) is 4.26. The number of rotatable bonds is 10. The lowest BCUT2D eigenvalue weighted by molar-refractivity contribution is -0.113. The molecular formula is C22H23Cl3N4O2S. The van der Waals surface area contributed by atoms with E-state index >= 15 is 0 Å². The van der Waals surface area contributed by atoms with Crippen LogP contribution in [0.25, 0.3) is 11.4 Å². The van der Waals surface area contributed by atoms with E-state index in [1.165, 1.54) is 23.9 Å². The number of unbranched alkanes of at least 4 members (excludes halogenated alkanes) is 1. The second-order valence-corrected chi connectivity index (χ2v) is 9.02. The van der Waals surface area contributed by atoms with Crippen LogP contribution in [0, 0.1) is 0 Å². The zero-order valence-corrected chi connectivity index (χ0v) is 20.8. The molecule has 2 aromatic carbocycles. The molecule has 0 aliphatic carbocycles. The summed E-state index contributed by atoms with van der Waals surface area (Å²) in [6.07, 6.45) is 2.12. The molecule has 6 nitrogen and oxygen atoms in total. The number of anilines is 1. The van der Waals surface area contributed by atoms with Gasteiger partial charge in [-0.2, -0.15) is 0 Å². The van der Waals surface area contributed by atoms with Crippen molar-refractivity contribution in [3.63, 3.8) is 0 Å². The molecule has 0 aliphatic heterocycles. The lowest BCUT2D eigenvalue weighted by Crippen LogP contribution is -2.15. The second-order valence-electron chi connectivity index (χ2n) is 6.86. The van der Waals surface area contributed by atoms with Crippen molar-refractivity contribution in [2.24, 2.45) is 0 Å². The number of carbonyl (C=O) groups excluding carboxylic acids is 1. The number of carbonyl (C=O) groups is 1. The topological polar surface area (TPSA) is 69.0 Å². The average molecular weight is 514 g/mol. The Kier molecular flexibility index (Phi) is 9.11. The maximum absolute atomic E-state index is 12.4. The van der Waals surface area contributed by atoms with Gasteiger partial charge in [0, 0.05) is 12.1 Å². The van der Waals surface area contributed by atoms with Gasteiger partial charge in [0.05, 0.1) is 33.1 Å². The van der Waals surface area contributed by atoms with Gasteiger partial charge < -0.3 is 14.6 Å². The van der Waals surface area contributed by atoms with Crippen LogP contribution in [0.1, 0.15) is 26.7 Å². The SMILES string of the molecule is CCCCOc1ccc(-c2nnc(SCC(=O)Nc3cc(Cl)c(Cl)cc3Cl)n2CC)cc1. The Morgan fingerprint density at radius 3 is 2.47 bits per heavy atom. The van der Waals surface area contributed by atoms with Crippen LogP contribution in [0.15, 0.2) is 41.6 Å². The van der Waals surface area contributed by atoms with Crippen molar-refractivity contribution < 1.29 is 9.53 Å². The number of halogens is 3. The summed E-state index contributed by atoms with van der Waals surface area (Å²) in [6, 6.07) is 10.8. The summed E-state index contributed by atoms with van der Waals surface area (Å²) in [5.41, 5.74) is 1.34. The molecule has 0 aliphatic rings. The first-order chi connectivity index (χ1) is 15.4. The Balaban J connectivity index is 1.65. The van der Waals surface area contributed by atoms with E-state index in [9.17, 15) is 4.79 Å². The third kappa shape index (κ3) is 6.32. The number of amides is 1. The molecule has 0 saturated carbocycles. The standard InChI is InChI=1S/C22H23Cl3N4O2S/c1-3-5-10-31-15-8-6-14(7-9-15)21-27-28-22(29(21)4-2)32-13-20(30)26-19-12-17(24)16(23)11-18(19)25/h6-9,11-12H,3-5,10,13H2,1-2H3,(H,26,30). The predicted molar refractivity (Wildman–Crippen MR) is 132 cm³/mol. The quantitative estimate of drug-likeness (QED) is 0.183. The highest BCUT2D eigenvalue weighted by Crippen LogP contribution is 2.32. The van der Waals surface area contributed by atoms with E-state index in [-0.39, 0.29) is 11.7 Å². The van der Waals surface area contributed by atoms with Crippen molar-refractivity contribution in [2.75, 3.05) is 17.7 Å². The van der Waals surface area contributed by atoms with Crippen LogP contribution < -0.4 is 10.1 Å². The van der Waals surface area contributed by atoms with E-state index < -0.39 is 0 Å². The van der Waals surface area contributed by atoms with Crippen LogP contribution in [-0.2, 0) is 11.3 Å². The highest BCUT2D eigenvalue weighted by atomic mass is 35.5. The van der Waals surface area contributed by atoms with Gasteiger partial charge in [-0.3, -0.25) is 4.79 Å². The Bertz CT molecular complexity index is 1070. The molecule has 3 rings (SSSR count). The first-order valence-electron chi connectivity index (χ1n) is 10.2. The van der Waals surface area contributed by atoms with E-state index in [0.717, 1.165) is 30.0 Å². The van der Waals surface area contributed by atoms with Crippen LogP contribution in [0.5, 0.6) is 5.75 Å². The molecular weight excluding hydrogens is 491 g/mol. The lowest BCUT2D eigenvalue weighted by Gasteiger charge is -2.10. The highest BCUT2D eigenvalue weighted by Gasteiger charge is 2.16. The third-order valence-electron chi connectivity index (χ3n) is 4.53. The summed E-state index contributed by atoms with van der Waals surface area (Å²) in [4.78, 5) is 12.4. The molecule has 1 heterocycles. The molecule has 0 saturated heterocycles. The fraction of sp³-hybridized carbons (Fsp3) is 0.318. The minimum Gasteiger partial charge on any atom is -0.494 e. The minimum atomic E-state index is -0.240. The summed E-state index contributed by atoms with van der Waals surface area (Å²) in [6.45, 7) is 5.51. The van der Waals surface area contributed by atoms with E-state index in [1.54, 1.807) is 0 Å². The number of ether oxygens (including phenoxy) is 1. The van der Waals surface area contributed by atoms with Gasteiger partial charge in [0.15, 0.2) is 11.0 Å². The number of nitrogens with zero attached hydrogens (tertiary/aromatic N) is 3. The Morgan fingerprint density at radius 1 is 1.06 bits per heavy atom. The van der Waals surface area contributed by atoms with Crippen LogP contribution in [0.2, 0.25) is 15.1 Å². The Labute approximate surface area is 206 Å². The molecule has 1 amide bonds. The van der Waals surface area contributed by atoms with Crippen molar-refractivity contribution >= 4 is 58.2 Å². The first kappa shape index (κ1) is 24.7. The molecule has 0 bridgehead atoms. The van der Waals surface area contributed by atoms with Crippen molar-refractivity contribution in [1.82, 2.24) is 14.8 Å². The maximum Gasteiger partial charge on any atom is 0.234 e. The number of aromatic nitrogens is 3. The summed E-state index contributed by atoms with van der Waals surface area (Å²) < 4.78 is 7.69. The fourth-order valence-electron chi connectivity index (χ4n) is 2.86. The zero-order chi connectivity index (χ0) is 23.1. The largest absolute Gasteiger partial charge is 0.494 e. The van der Waals surface area contributed by atoms with Crippen LogP contribution in [-0.4, -0.2) is 33.0 Å². The second kappa shape index (κ2) is 11.8. The Hall–Kier alpha value is -1.93. The van der Waals surface area contributed by atoms with Crippen LogP contribution >= 0.6 is 46.6 Å². The summed E-state index contributed by atoms with van der Waals surface area (Å²) in [5, 5.41) is 13.0. The smallest absolute Gasteiger partial charge is 0.234 e. The number of hydrogen-bond donors (Lipinski definition) is 1. The van der Waals surface area contributed by atoms with E-state index in [0.29, 0.717) is 39.1 Å². The average Bonchev–Trinajstić information content (AvgIpc) is 3.19. The van der Waals surface area contributed by atoms with Crippen molar-refractivity contribution in [3.05, 3.63) is 51.5 Å². The first-order valence-corrected chi connectivity index (χ1v) is 12.3. The van der Waals surface area contributed by atoms with Gasteiger partial charge >= 0.3 is 0 Å². The minimum absolute atomic E-state index is 0.138. The number of thioether (sulfide) groups is 1. The lowest BCUT2D eigenvalue weighted by atomic mass is 10.2. The summed E-state index contributed by atoms with van der Waals surface area (Å²) in [7, 11) is 0. The van der Waals surface area contributed by atoms with Crippen LogP contribution in [0.3, 0.4) is 0 Å². The van der Waals surface area contributed by atoms with Gasteiger partial charge in [-0.05, 0) is 49.7 Å². The van der Waals surface area contributed by atoms with Gasteiger partial charge in [-0.15, -0.1) is 10.2 Å². The molecule has 10 heteroatoms. The van der Waals surface area contributed by atoms with Gasteiger partial charge in [0.25, 0.3) is 0 Å². The van der Waals surface area contributed by atoms with E-state index in [1.807, 2.05) is 35.8 Å². The molecule has 0 fully saturated rings. The summed E-state index contributed by atoms with van der Waals surface area (Å²) in [5.74, 6) is 1.47. The molecule has 0 radical (unpaired) electrons. The zero-order valence-electron chi connectivity index (χ0n) is 17.7. The molecule has 0 spiro atoms. The molecule has 3 aromatic rings. The third-order valence-corrected chi connectivity index (χ3v) is 6.53. The Morgan fingerprint density at radius 2 is 1.78 bits per heavy atom. The summed E-state index contributed by atoms with van der Waals surface area (Å²) >= 11 is 19.4. The van der Waals surface area contributed by atoms with Gasteiger partial charge in [0.2, 0.25) is 5.91 Å². The van der Waals surface area contributed by atoms with E-state index in [2.05, 4.69) is 22.4 Å². The van der Waals surface area contributed by atoms with Crippen molar-refractivity contribution in [1.29, 1.82) is 0 Å². The molecule has 32 heavy (non-hydrogen) atoms. The molecule has 0 unspecified atom stereocenters. The molecule has 0 atom stereocenters. The highest BCUT2D eigenvalue weighted by molar-refractivity contribution is 7.99. The maximum atomic E-state index is 12.4. The van der Waals surface area contributed by atoms with Gasteiger partial charge in [-0.25, -0.2) is 0 Å². The van der Waals surface area contributed by atoms with Crippen molar-refractivity contribution in [2.45, 2.75) is 38.4 Å². The number of benzene rings is 2. The molecule has 1 N–H and O–H groups in total. The predicted octanol–water partition coefficient (Wildman–Crippen LogP) is 6.83.